The number of fused-ring (bicyclic) bond motifs is 1. The lowest BCUT2D eigenvalue weighted by Crippen LogP contribution is -2.14. The topological polar surface area (TPSA) is 54.9 Å². The fourth-order valence-electron chi connectivity index (χ4n) is 2.70. The molecule has 2 aromatic carbocycles. The molecule has 4 nitrogen and oxygen atoms in total. The van der Waals surface area contributed by atoms with Gasteiger partial charge in [0.05, 0.1) is 11.1 Å². The fraction of sp³-hybridized carbons (Fsp3) is 0.0500. The predicted molar refractivity (Wildman–Crippen MR) is 114 cm³/mol. The number of carbonyl (C=O) groups is 1. The number of thioether (sulfide) groups is 1. The fourth-order valence-corrected chi connectivity index (χ4v) is 4.62. The van der Waals surface area contributed by atoms with E-state index in [1.165, 1.54) is 35.5 Å². The van der Waals surface area contributed by atoms with Crippen LogP contribution in [0.15, 0.2) is 59.2 Å². The Morgan fingerprint density at radius 1 is 1.10 bits per heavy atom. The first kappa shape index (κ1) is 19.8. The van der Waals surface area contributed by atoms with Gasteiger partial charge in [-0.3, -0.25) is 4.79 Å². The molecule has 0 atom stereocenters. The smallest absolute Gasteiger partial charge is 0.234 e. The van der Waals surface area contributed by atoms with Crippen molar-refractivity contribution < 1.29 is 13.6 Å². The van der Waals surface area contributed by atoms with Crippen molar-refractivity contribution in [3.63, 3.8) is 0 Å². The third kappa shape index (κ3) is 4.39. The molecule has 0 saturated carbocycles. The maximum absolute atomic E-state index is 13.3. The minimum atomic E-state index is -1.01. The van der Waals surface area contributed by atoms with E-state index in [1.54, 1.807) is 0 Å². The van der Waals surface area contributed by atoms with E-state index in [9.17, 15) is 13.6 Å². The third-order valence-corrected chi connectivity index (χ3v) is 6.16. The van der Waals surface area contributed by atoms with Gasteiger partial charge < -0.3 is 5.32 Å². The molecule has 0 bridgehead atoms. The van der Waals surface area contributed by atoms with E-state index >= 15 is 0 Å². The van der Waals surface area contributed by atoms with Crippen molar-refractivity contribution in [2.45, 2.75) is 5.03 Å². The Morgan fingerprint density at radius 2 is 1.90 bits per heavy atom. The molecule has 0 aliphatic rings. The zero-order valence-corrected chi connectivity index (χ0v) is 17.0. The molecule has 0 saturated heterocycles. The Kier molecular flexibility index (Phi) is 5.75. The average molecular weight is 448 g/mol. The van der Waals surface area contributed by atoms with Gasteiger partial charge in [-0.05, 0) is 29.8 Å². The number of carbonyl (C=O) groups excluding carboxylic acids is 1. The summed E-state index contributed by atoms with van der Waals surface area (Å²) in [4.78, 5) is 21.7. The van der Waals surface area contributed by atoms with Gasteiger partial charge in [0.15, 0.2) is 11.6 Å². The molecule has 0 aliphatic carbocycles. The van der Waals surface area contributed by atoms with Crippen LogP contribution in [0.1, 0.15) is 0 Å². The van der Waals surface area contributed by atoms with Crippen LogP contribution in [-0.2, 0) is 4.79 Å². The second-order valence-corrected chi connectivity index (χ2v) is 8.24. The molecule has 146 valence electrons. The monoisotopic (exact) mass is 447 g/mol. The first-order valence-corrected chi connectivity index (χ1v) is 10.6. The van der Waals surface area contributed by atoms with Crippen molar-refractivity contribution in [2.24, 2.45) is 0 Å². The number of thiophene rings is 1. The van der Waals surface area contributed by atoms with Crippen LogP contribution < -0.4 is 5.32 Å². The molecule has 4 rings (SSSR count). The first-order valence-electron chi connectivity index (χ1n) is 8.37. The van der Waals surface area contributed by atoms with Crippen molar-refractivity contribution in [3.8, 4) is 11.1 Å². The second-order valence-electron chi connectivity index (χ2n) is 5.98. The van der Waals surface area contributed by atoms with Crippen molar-refractivity contribution in [2.75, 3.05) is 11.1 Å². The Bertz CT molecular complexity index is 1200. The summed E-state index contributed by atoms with van der Waals surface area (Å²) in [6.07, 6.45) is 1.46. The number of aromatic nitrogens is 2. The van der Waals surface area contributed by atoms with Gasteiger partial charge in [-0.2, -0.15) is 0 Å². The van der Waals surface area contributed by atoms with Crippen LogP contribution in [-0.4, -0.2) is 21.6 Å². The van der Waals surface area contributed by atoms with Gasteiger partial charge in [0, 0.05) is 27.7 Å². The highest BCUT2D eigenvalue weighted by Gasteiger charge is 2.15. The second kappa shape index (κ2) is 8.44. The Hall–Kier alpha value is -2.55. The van der Waals surface area contributed by atoms with Gasteiger partial charge in [0.25, 0.3) is 0 Å². The summed E-state index contributed by atoms with van der Waals surface area (Å²) in [6, 6.07) is 10.7. The molecule has 4 aromatic rings. The van der Waals surface area contributed by atoms with Gasteiger partial charge in [0.1, 0.15) is 16.2 Å². The van der Waals surface area contributed by atoms with Gasteiger partial charge in [-0.1, -0.05) is 35.5 Å². The molecule has 0 radical (unpaired) electrons. The summed E-state index contributed by atoms with van der Waals surface area (Å²) < 4.78 is 26.3. The summed E-state index contributed by atoms with van der Waals surface area (Å²) in [7, 11) is 0. The normalized spacial score (nSPS) is 11.0. The Labute approximate surface area is 178 Å². The van der Waals surface area contributed by atoms with Gasteiger partial charge in [-0.15, -0.1) is 11.3 Å². The Balaban J connectivity index is 1.54. The van der Waals surface area contributed by atoms with Gasteiger partial charge in [-0.25, -0.2) is 18.7 Å². The maximum atomic E-state index is 13.3. The summed E-state index contributed by atoms with van der Waals surface area (Å²) in [5, 5.41) is 6.73. The van der Waals surface area contributed by atoms with Crippen molar-refractivity contribution in [1.29, 1.82) is 0 Å². The summed E-state index contributed by atoms with van der Waals surface area (Å²) in [6.45, 7) is 0. The number of hydrogen-bond donors (Lipinski definition) is 1. The molecular weight excluding hydrogens is 436 g/mol. The van der Waals surface area contributed by atoms with Crippen LogP contribution in [0.3, 0.4) is 0 Å². The number of amides is 1. The van der Waals surface area contributed by atoms with Crippen LogP contribution >= 0.6 is 34.7 Å². The molecular formula is C20H12ClF2N3OS2. The minimum Gasteiger partial charge on any atom is -0.325 e. The molecule has 1 amide bonds. The highest BCUT2D eigenvalue weighted by molar-refractivity contribution is 8.00. The molecule has 0 fully saturated rings. The summed E-state index contributed by atoms with van der Waals surface area (Å²) in [5.74, 6) is -2.27. The average Bonchev–Trinajstić information content (AvgIpc) is 3.15. The molecule has 9 heteroatoms. The number of anilines is 1. The first-order chi connectivity index (χ1) is 14.0. The molecule has 29 heavy (non-hydrogen) atoms. The predicted octanol–water partition coefficient (Wildman–Crippen LogP) is 6.02. The number of rotatable bonds is 5. The summed E-state index contributed by atoms with van der Waals surface area (Å²) in [5.41, 5.74) is 2.13. The number of hydrogen-bond acceptors (Lipinski definition) is 5. The van der Waals surface area contributed by atoms with Crippen LogP contribution in [0.4, 0.5) is 14.5 Å². The summed E-state index contributed by atoms with van der Waals surface area (Å²) >= 11 is 8.72. The standard InChI is InChI=1S/C20H12ClF2N3OS2/c21-12-3-1-11(2-4-12)14-8-28-19-18(14)20(25-10-24-19)29-9-17(27)26-13-5-6-15(22)16(23)7-13/h1-8,10H,9H2,(H,26,27). The lowest BCUT2D eigenvalue weighted by molar-refractivity contribution is -0.113. The molecule has 1 N–H and O–H groups in total. The number of benzene rings is 2. The minimum absolute atomic E-state index is 0.0566. The van der Waals surface area contributed by atoms with Crippen molar-refractivity contribution >= 4 is 56.5 Å². The van der Waals surface area contributed by atoms with E-state index in [0.29, 0.717) is 10.0 Å². The number of nitrogens with one attached hydrogen (secondary N) is 1. The van der Waals surface area contributed by atoms with E-state index in [0.717, 1.165) is 33.5 Å². The van der Waals surface area contributed by atoms with E-state index in [-0.39, 0.29) is 17.3 Å². The van der Waals surface area contributed by atoms with E-state index in [4.69, 9.17) is 11.6 Å². The van der Waals surface area contributed by atoms with Crippen LogP contribution in [0.5, 0.6) is 0 Å². The van der Waals surface area contributed by atoms with Gasteiger partial charge in [0.2, 0.25) is 5.91 Å². The lowest BCUT2D eigenvalue weighted by atomic mass is 10.1. The van der Waals surface area contributed by atoms with Crippen molar-refractivity contribution in [1.82, 2.24) is 9.97 Å². The largest absolute Gasteiger partial charge is 0.325 e. The third-order valence-electron chi connectivity index (χ3n) is 4.03. The van der Waals surface area contributed by atoms with Crippen LogP contribution in [0.25, 0.3) is 21.3 Å². The molecule has 2 aromatic heterocycles. The van der Waals surface area contributed by atoms with Crippen molar-refractivity contribution in [3.05, 3.63) is 70.8 Å². The molecule has 0 spiro atoms. The SMILES string of the molecule is O=C(CSc1ncnc2scc(-c3ccc(Cl)cc3)c12)Nc1ccc(F)c(F)c1. The number of halogens is 3. The molecule has 0 unspecified atom stereocenters. The Morgan fingerprint density at radius 3 is 2.66 bits per heavy atom. The zero-order valence-electron chi connectivity index (χ0n) is 14.7. The number of nitrogens with zero attached hydrogens (tertiary/aromatic N) is 2. The molecule has 0 aliphatic heterocycles. The van der Waals surface area contributed by atoms with Crippen LogP contribution in [0.2, 0.25) is 5.02 Å². The zero-order chi connectivity index (χ0) is 20.4. The van der Waals surface area contributed by atoms with Crippen LogP contribution in [0, 0.1) is 11.6 Å². The highest BCUT2D eigenvalue weighted by Crippen LogP contribution is 2.38. The lowest BCUT2D eigenvalue weighted by Gasteiger charge is -2.07. The molecule has 2 heterocycles. The van der Waals surface area contributed by atoms with E-state index in [2.05, 4.69) is 15.3 Å². The maximum Gasteiger partial charge on any atom is 0.234 e. The van der Waals surface area contributed by atoms with Gasteiger partial charge >= 0.3 is 0 Å². The highest BCUT2D eigenvalue weighted by atomic mass is 35.5. The van der Waals surface area contributed by atoms with E-state index in [1.807, 2.05) is 29.6 Å². The van der Waals surface area contributed by atoms with E-state index < -0.39 is 11.6 Å². The quantitative estimate of drug-likeness (QED) is 0.300.